The van der Waals surface area contributed by atoms with E-state index in [1.165, 1.54) is 16.7 Å². The van der Waals surface area contributed by atoms with Crippen LogP contribution < -0.4 is 0 Å². The standard InChI is InChI=1S/C17H20O/c1-2-14-3-5-15(6-4-14)7-8-16-9-11-17(13-18)12-10-16/h3-6,9-12,18H,2,7-8,13H2,1H3. The summed E-state index contributed by atoms with van der Waals surface area (Å²) in [6, 6.07) is 17.1. The lowest BCUT2D eigenvalue weighted by Gasteiger charge is -2.04. The number of hydrogen-bond donors (Lipinski definition) is 1. The minimum atomic E-state index is 0.124. The van der Waals surface area contributed by atoms with Crippen LogP contribution in [0.25, 0.3) is 0 Å². The summed E-state index contributed by atoms with van der Waals surface area (Å²) in [7, 11) is 0. The van der Waals surface area contributed by atoms with Crippen molar-refractivity contribution in [2.24, 2.45) is 0 Å². The van der Waals surface area contributed by atoms with Gasteiger partial charge in [0.1, 0.15) is 0 Å². The van der Waals surface area contributed by atoms with Gasteiger partial charge < -0.3 is 5.11 Å². The second-order valence-corrected chi connectivity index (χ2v) is 4.64. The second-order valence-electron chi connectivity index (χ2n) is 4.64. The zero-order valence-corrected chi connectivity index (χ0v) is 10.9. The number of hydrogen-bond acceptors (Lipinski definition) is 1. The molecule has 0 fully saturated rings. The molecule has 2 aromatic carbocycles. The van der Waals surface area contributed by atoms with E-state index in [4.69, 9.17) is 5.11 Å². The number of aliphatic hydroxyl groups is 1. The molecule has 0 spiro atoms. The minimum absolute atomic E-state index is 0.124. The molecule has 94 valence electrons. The molecule has 2 rings (SSSR count). The fourth-order valence-corrected chi connectivity index (χ4v) is 2.04. The molecule has 2 aromatic rings. The first-order chi connectivity index (χ1) is 8.81. The molecule has 0 aliphatic rings. The van der Waals surface area contributed by atoms with Gasteiger partial charge in [-0.3, -0.25) is 0 Å². The highest BCUT2D eigenvalue weighted by atomic mass is 16.3. The van der Waals surface area contributed by atoms with Crippen molar-refractivity contribution >= 4 is 0 Å². The van der Waals surface area contributed by atoms with Crippen LogP contribution in [0.2, 0.25) is 0 Å². The summed E-state index contributed by atoms with van der Waals surface area (Å²) < 4.78 is 0. The fourth-order valence-electron chi connectivity index (χ4n) is 2.04. The Bertz CT molecular complexity index is 420. The van der Waals surface area contributed by atoms with Gasteiger partial charge in [0.05, 0.1) is 6.61 Å². The Hall–Kier alpha value is -1.60. The largest absolute Gasteiger partial charge is 0.392 e. The van der Waals surface area contributed by atoms with Crippen LogP contribution in [0, 0.1) is 0 Å². The molecule has 0 bridgehead atoms. The van der Waals surface area contributed by atoms with Crippen molar-refractivity contribution < 1.29 is 5.11 Å². The van der Waals surface area contributed by atoms with Crippen molar-refractivity contribution in [2.75, 3.05) is 0 Å². The maximum Gasteiger partial charge on any atom is 0.0681 e. The van der Waals surface area contributed by atoms with Crippen molar-refractivity contribution in [1.29, 1.82) is 0 Å². The molecule has 1 nitrogen and oxygen atoms in total. The summed E-state index contributed by atoms with van der Waals surface area (Å²) in [5.74, 6) is 0. The Morgan fingerprint density at radius 2 is 1.06 bits per heavy atom. The minimum Gasteiger partial charge on any atom is -0.392 e. The predicted molar refractivity (Wildman–Crippen MR) is 75.6 cm³/mol. The highest BCUT2D eigenvalue weighted by Crippen LogP contribution is 2.10. The van der Waals surface area contributed by atoms with Gasteiger partial charge in [0, 0.05) is 0 Å². The molecule has 0 unspecified atom stereocenters. The van der Waals surface area contributed by atoms with Gasteiger partial charge in [0.2, 0.25) is 0 Å². The van der Waals surface area contributed by atoms with Crippen molar-refractivity contribution in [3.05, 3.63) is 70.8 Å². The molecular weight excluding hydrogens is 220 g/mol. The summed E-state index contributed by atoms with van der Waals surface area (Å²) in [5.41, 5.74) is 5.09. The van der Waals surface area contributed by atoms with Crippen molar-refractivity contribution in [3.8, 4) is 0 Å². The lowest BCUT2D eigenvalue weighted by Crippen LogP contribution is -1.92. The van der Waals surface area contributed by atoms with Crippen LogP contribution in [0.5, 0.6) is 0 Å². The molecule has 0 amide bonds. The molecule has 0 saturated heterocycles. The summed E-state index contributed by atoms with van der Waals surface area (Å²) in [6.45, 7) is 2.30. The van der Waals surface area contributed by atoms with E-state index in [-0.39, 0.29) is 6.61 Å². The fraction of sp³-hybridized carbons (Fsp3) is 0.294. The van der Waals surface area contributed by atoms with E-state index in [0.717, 1.165) is 24.8 Å². The first-order valence-corrected chi connectivity index (χ1v) is 6.58. The quantitative estimate of drug-likeness (QED) is 0.847. The molecule has 1 heteroatoms. The Morgan fingerprint density at radius 1 is 0.667 bits per heavy atom. The van der Waals surface area contributed by atoms with Gasteiger partial charge >= 0.3 is 0 Å². The Morgan fingerprint density at radius 3 is 1.44 bits per heavy atom. The van der Waals surface area contributed by atoms with Crippen LogP contribution in [0.1, 0.15) is 29.2 Å². The Labute approximate surface area is 109 Å². The van der Waals surface area contributed by atoms with Crippen LogP contribution in [0.3, 0.4) is 0 Å². The summed E-state index contributed by atoms with van der Waals surface area (Å²) in [5, 5.41) is 8.99. The van der Waals surface area contributed by atoms with Crippen LogP contribution >= 0.6 is 0 Å². The molecule has 0 atom stereocenters. The third kappa shape index (κ3) is 3.44. The highest BCUT2D eigenvalue weighted by Gasteiger charge is 1.97. The van der Waals surface area contributed by atoms with E-state index >= 15 is 0 Å². The average molecular weight is 240 g/mol. The number of aliphatic hydroxyl groups excluding tert-OH is 1. The van der Waals surface area contributed by atoms with E-state index in [2.05, 4.69) is 43.3 Å². The van der Waals surface area contributed by atoms with Crippen LogP contribution in [0.4, 0.5) is 0 Å². The molecule has 0 saturated carbocycles. The zero-order valence-electron chi connectivity index (χ0n) is 10.9. The maximum atomic E-state index is 8.99. The number of aryl methyl sites for hydroxylation is 3. The van der Waals surface area contributed by atoms with E-state index in [1.807, 2.05) is 12.1 Å². The third-order valence-electron chi connectivity index (χ3n) is 3.34. The summed E-state index contributed by atoms with van der Waals surface area (Å²) in [6.07, 6.45) is 3.22. The van der Waals surface area contributed by atoms with E-state index in [1.54, 1.807) is 0 Å². The topological polar surface area (TPSA) is 20.2 Å². The lowest BCUT2D eigenvalue weighted by molar-refractivity contribution is 0.282. The highest BCUT2D eigenvalue weighted by molar-refractivity contribution is 5.26. The van der Waals surface area contributed by atoms with E-state index in [0.29, 0.717) is 0 Å². The van der Waals surface area contributed by atoms with E-state index in [9.17, 15) is 0 Å². The van der Waals surface area contributed by atoms with Gasteiger partial charge in [-0.05, 0) is 41.5 Å². The molecule has 0 aromatic heterocycles. The normalized spacial score (nSPS) is 10.6. The molecule has 0 aliphatic heterocycles. The lowest BCUT2D eigenvalue weighted by atomic mass is 10.0. The smallest absolute Gasteiger partial charge is 0.0681 e. The summed E-state index contributed by atoms with van der Waals surface area (Å²) >= 11 is 0. The van der Waals surface area contributed by atoms with E-state index < -0.39 is 0 Å². The molecule has 0 heterocycles. The van der Waals surface area contributed by atoms with Crippen LogP contribution in [0.15, 0.2) is 48.5 Å². The van der Waals surface area contributed by atoms with Crippen molar-refractivity contribution in [3.63, 3.8) is 0 Å². The van der Waals surface area contributed by atoms with Gasteiger partial charge in [-0.2, -0.15) is 0 Å². The predicted octanol–water partition coefficient (Wildman–Crippen LogP) is 3.53. The summed E-state index contributed by atoms with van der Waals surface area (Å²) in [4.78, 5) is 0. The van der Waals surface area contributed by atoms with Gasteiger partial charge in [0.25, 0.3) is 0 Å². The monoisotopic (exact) mass is 240 g/mol. The Kier molecular flexibility index (Phi) is 4.54. The Balaban J connectivity index is 1.93. The van der Waals surface area contributed by atoms with Gasteiger partial charge in [-0.25, -0.2) is 0 Å². The molecule has 1 N–H and O–H groups in total. The van der Waals surface area contributed by atoms with Crippen molar-refractivity contribution in [1.82, 2.24) is 0 Å². The molecule has 18 heavy (non-hydrogen) atoms. The second kappa shape index (κ2) is 6.36. The molecular formula is C17H20O. The first kappa shape index (κ1) is 12.8. The number of benzene rings is 2. The number of rotatable bonds is 5. The SMILES string of the molecule is CCc1ccc(CCc2ccc(CO)cc2)cc1. The van der Waals surface area contributed by atoms with Gasteiger partial charge in [-0.15, -0.1) is 0 Å². The maximum absolute atomic E-state index is 8.99. The van der Waals surface area contributed by atoms with Gasteiger partial charge in [0.15, 0.2) is 0 Å². The third-order valence-corrected chi connectivity index (χ3v) is 3.34. The molecule has 0 radical (unpaired) electrons. The molecule has 0 aliphatic carbocycles. The van der Waals surface area contributed by atoms with Gasteiger partial charge in [-0.1, -0.05) is 55.5 Å². The van der Waals surface area contributed by atoms with Crippen LogP contribution in [-0.2, 0) is 25.9 Å². The zero-order chi connectivity index (χ0) is 12.8. The van der Waals surface area contributed by atoms with Crippen LogP contribution in [-0.4, -0.2) is 5.11 Å². The first-order valence-electron chi connectivity index (χ1n) is 6.58. The van der Waals surface area contributed by atoms with Crippen molar-refractivity contribution in [2.45, 2.75) is 32.8 Å². The average Bonchev–Trinajstić information content (AvgIpc) is 2.46.